The minimum absolute atomic E-state index is 0.746. The van der Waals surface area contributed by atoms with E-state index in [9.17, 15) is 0 Å². The zero-order valence-electron chi connectivity index (χ0n) is 17.9. The van der Waals surface area contributed by atoms with Crippen LogP contribution in [0.15, 0.2) is 122 Å². The van der Waals surface area contributed by atoms with Crippen LogP contribution in [0.4, 0.5) is 0 Å². The highest BCUT2D eigenvalue weighted by Crippen LogP contribution is 2.43. The Balaban J connectivity index is 1.69. The summed E-state index contributed by atoms with van der Waals surface area (Å²) in [5, 5.41) is 5.71. The zero-order valence-corrected chi connectivity index (χ0v) is 18.6. The molecule has 0 unspecified atom stereocenters. The molecule has 1 aromatic heterocycles. The normalized spacial score (nSPS) is 11.2. The van der Waals surface area contributed by atoms with E-state index in [-0.39, 0.29) is 0 Å². The van der Waals surface area contributed by atoms with Crippen molar-refractivity contribution in [2.75, 3.05) is 0 Å². The van der Waals surface area contributed by atoms with Gasteiger partial charge in [-0.15, -0.1) is 0 Å². The maximum absolute atomic E-state index is 6.28. The summed E-state index contributed by atoms with van der Waals surface area (Å²) in [6.07, 6.45) is 3.72. The van der Waals surface area contributed by atoms with E-state index in [1.807, 2.05) is 30.6 Å². The maximum atomic E-state index is 6.28. The van der Waals surface area contributed by atoms with Gasteiger partial charge in [-0.05, 0) is 85.3 Å². The number of hydrogen-bond acceptors (Lipinski definition) is 1. The fourth-order valence-electron chi connectivity index (χ4n) is 4.79. The SMILES string of the molecule is Clc1cccc(-c2cccc(-c3c4ccccc4c(-c4ccncc4)c4ccccc34)c2)c1. The van der Waals surface area contributed by atoms with Crippen LogP contribution < -0.4 is 0 Å². The molecular weight excluding hydrogens is 422 g/mol. The topological polar surface area (TPSA) is 12.9 Å². The Kier molecular flexibility index (Phi) is 4.90. The molecule has 0 radical (unpaired) electrons. The molecule has 156 valence electrons. The van der Waals surface area contributed by atoms with E-state index in [1.54, 1.807) is 0 Å². The monoisotopic (exact) mass is 441 g/mol. The zero-order chi connectivity index (χ0) is 22.2. The van der Waals surface area contributed by atoms with E-state index in [4.69, 9.17) is 11.6 Å². The largest absolute Gasteiger partial charge is 0.265 e. The summed E-state index contributed by atoms with van der Waals surface area (Å²) >= 11 is 6.28. The van der Waals surface area contributed by atoms with E-state index in [2.05, 4.69) is 96.0 Å². The van der Waals surface area contributed by atoms with Crippen LogP contribution in [0.2, 0.25) is 5.02 Å². The first kappa shape index (κ1) is 19.7. The molecule has 0 spiro atoms. The van der Waals surface area contributed by atoms with E-state index in [0.717, 1.165) is 16.1 Å². The first-order valence-electron chi connectivity index (χ1n) is 11.0. The average Bonchev–Trinajstić information content (AvgIpc) is 2.88. The van der Waals surface area contributed by atoms with Gasteiger partial charge in [0.25, 0.3) is 0 Å². The van der Waals surface area contributed by atoms with E-state index in [0.29, 0.717) is 0 Å². The number of fused-ring (bicyclic) bond motifs is 2. The summed E-state index contributed by atoms with van der Waals surface area (Å²) in [5.41, 5.74) is 7.15. The smallest absolute Gasteiger partial charge is 0.0412 e. The van der Waals surface area contributed by atoms with Crippen molar-refractivity contribution in [2.24, 2.45) is 0 Å². The number of pyridine rings is 1. The molecule has 0 aliphatic carbocycles. The molecule has 2 heteroatoms. The molecule has 0 N–H and O–H groups in total. The Morgan fingerprint density at radius 1 is 0.424 bits per heavy atom. The highest BCUT2D eigenvalue weighted by Gasteiger charge is 2.16. The Hall–Kier alpha value is -3.94. The van der Waals surface area contributed by atoms with Crippen molar-refractivity contribution in [1.29, 1.82) is 0 Å². The van der Waals surface area contributed by atoms with Crippen LogP contribution in [-0.2, 0) is 0 Å². The average molecular weight is 442 g/mol. The van der Waals surface area contributed by atoms with Crippen molar-refractivity contribution in [3.05, 3.63) is 127 Å². The van der Waals surface area contributed by atoms with Crippen LogP contribution in [0, 0.1) is 0 Å². The van der Waals surface area contributed by atoms with Gasteiger partial charge in [0.15, 0.2) is 0 Å². The molecule has 6 aromatic rings. The molecule has 1 heterocycles. The van der Waals surface area contributed by atoms with Gasteiger partial charge in [-0.3, -0.25) is 4.98 Å². The molecular formula is C31H20ClN. The number of nitrogens with zero attached hydrogens (tertiary/aromatic N) is 1. The van der Waals surface area contributed by atoms with Gasteiger partial charge in [-0.25, -0.2) is 0 Å². The first-order valence-corrected chi connectivity index (χ1v) is 11.4. The maximum Gasteiger partial charge on any atom is 0.0412 e. The molecule has 1 nitrogen and oxygen atoms in total. The lowest BCUT2D eigenvalue weighted by atomic mass is 9.85. The fourth-order valence-corrected chi connectivity index (χ4v) is 4.98. The van der Waals surface area contributed by atoms with E-state index >= 15 is 0 Å². The van der Waals surface area contributed by atoms with Crippen molar-refractivity contribution in [3.8, 4) is 33.4 Å². The lowest BCUT2D eigenvalue weighted by Crippen LogP contribution is -1.91. The van der Waals surface area contributed by atoms with Gasteiger partial charge < -0.3 is 0 Å². The van der Waals surface area contributed by atoms with Gasteiger partial charge in [0.05, 0.1) is 0 Å². The standard InChI is InChI=1S/C31H20ClN/c32-25-10-6-8-23(20-25)22-7-5-9-24(19-22)31-28-13-3-1-11-26(28)30(21-15-17-33-18-16-21)27-12-2-4-14-29(27)31/h1-20H. The lowest BCUT2D eigenvalue weighted by molar-refractivity contribution is 1.33. The van der Waals surface area contributed by atoms with Crippen molar-refractivity contribution in [1.82, 2.24) is 4.98 Å². The summed E-state index contributed by atoms with van der Waals surface area (Å²) in [6, 6.07) is 38.4. The predicted molar refractivity (Wildman–Crippen MR) is 141 cm³/mol. The molecule has 0 bridgehead atoms. The highest BCUT2D eigenvalue weighted by molar-refractivity contribution is 6.30. The summed E-state index contributed by atoms with van der Waals surface area (Å²) in [7, 11) is 0. The third-order valence-corrected chi connectivity index (χ3v) is 6.44. The second-order valence-corrected chi connectivity index (χ2v) is 8.60. The van der Waals surface area contributed by atoms with Crippen molar-refractivity contribution < 1.29 is 0 Å². The quantitative estimate of drug-likeness (QED) is 0.249. The number of benzene rings is 5. The van der Waals surface area contributed by atoms with Crippen LogP contribution in [0.25, 0.3) is 54.9 Å². The molecule has 6 rings (SSSR count). The van der Waals surface area contributed by atoms with Crippen molar-refractivity contribution >= 4 is 33.1 Å². The van der Waals surface area contributed by atoms with Crippen LogP contribution in [0.3, 0.4) is 0 Å². The molecule has 0 fully saturated rings. The number of halogens is 1. The van der Waals surface area contributed by atoms with Gasteiger partial charge >= 0.3 is 0 Å². The molecule has 33 heavy (non-hydrogen) atoms. The Morgan fingerprint density at radius 3 is 1.48 bits per heavy atom. The van der Waals surface area contributed by atoms with Gasteiger partial charge in [0.1, 0.15) is 0 Å². The summed E-state index contributed by atoms with van der Waals surface area (Å²) in [5.74, 6) is 0. The highest BCUT2D eigenvalue weighted by atomic mass is 35.5. The molecule has 0 aliphatic rings. The van der Waals surface area contributed by atoms with Crippen LogP contribution in [0.5, 0.6) is 0 Å². The third kappa shape index (κ3) is 3.47. The van der Waals surface area contributed by atoms with Crippen molar-refractivity contribution in [3.63, 3.8) is 0 Å². The molecule has 0 aliphatic heterocycles. The van der Waals surface area contributed by atoms with Crippen LogP contribution in [0.1, 0.15) is 0 Å². The second kappa shape index (κ2) is 8.20. The van der Waals surface area contributed by atoms with Crippen LogP contribution >= 0.6 is 11.6 Å². The number of hydrogen-bond donors (Lipinski definition) is 0. The van der Waals surface area contributed by atoms with Gasteiger partial charge in [0.2, 0.25) is 0 Å². The van der Waals surface area contributed by atoms with Crippen molar-refractivity contribution in [2.45, 2.75) is 0 Å². The van der Waals surface area contributed by atoms with E-state index in [1.165, 1.54) is 43.8 Å². The Bertz CT molecular complexity index is 1560. The van der Waals surface area contributed by atoms with Gasteiger partial charge in [-0.1, -0.05) is 90.5 Å². The number of aromatic nitrogens is 1. The molecule has 0 saturated carbocycles. The molecule has 5 aromatic carbocycles. The lowest BCUT2D eigenvalue weighted by Gasteiger charge is -2.18. The fraction of sp³-hybridized carbons (Fsp3) is 0. The second-order valence-electron chi connectivity index (χ2n) is 8.17. The Morgan fingerprint density at radius 2 is 0.909 bits per heavy atom. The van der Waals surface area contributed by atoms with Crippen LogP contribution in [-0.4, -0.2) is 4.98 Å². The summed E-state index contributed by atoms with van der Waals surface area (Å²) in [4.78, 5) is 4.23. The third-order valence-electron chi connectivity index (χ3n) is 6.21. The molecule has 0 amide bonds. The predicted octanol–water partition coefficient (Wildman–Crippen LogP) is 9.04. The molecule has 0 atom stereocenters. The van der Waals surface area contributed by atoms with E-state index < -0.39 is 0 Å². The minimum atomic E-state index is 0.746. The Labute approximate surface area is 197 Å². The minimum Gasteiger partial charge on any atom is -0.265 e. The van der Waals surface area contributed by atoms with Gasteiger partial charge in [-0.2, -0.15) is 0 Å². The first-order chi connectivity index (χ1) is 16.3. The number of rotatable bonds is 3. The van der Waals surface area contributed by atoms with Gasteiger partial charge in [0, 0.05) is 17.4 Å². The molecule has 0 saturated heterocycles. The summed E-state index contributed by atoms with van der Waals surface area (Å²) in [6.45, 7) is 0. The summed E-state index contributed by atoms with van der Waals surface area (Å²) < 4.78 is 0.